The summed E-state index contributed by atoms with van der Waals surface area (Å²) in [6, 6.07) is 11.4. The number of amides is 1. The quantitative estimate of drug-likeness (QED) is 0.907. The predicted octanol–water partition coefficient (Wildman–Crippen LogP) is 3.19. The molecular formula is C20H23NO4. The summed E-state index contributed by atoms with van der Waals surface area (Å²) in [4.78, 5) is 12.4. The second kappa shape index (κ2) is 7.47. The number of benzene rings is 2. The monoisotopic (exact) mass is 341 g/mol. The molecule has 2 aromatic carbocycles. The lowest BCUT2D eigenvalue weighted by Gasteiger charge is -2.21. The van der Waals surface area contributed by atoms with Crippen molar-refractivity contribution in [1.29, 1.82) is 0 Å². The van der Waals surface area contributed by atoms with E-state index in [1.54, 1.807) is 7.11 Å². The molecule has 1 amide bonds. The second-order valence-electron chi connectivity index (χ2n) is 6.17. The van der Waals surface area contributed by atoms with E-state index in [9.17, 15) is 4.79 Å². The van der Waals surface area contributed by atoms with Crippen molar-refractivity contribution in [2.45, 2.75) is 26.3 Å². The lowest BCUT2D eigenvalue weighted by atomic mass is 10.1. The third-order valence-corrected chi connectivity index (χ3v) is 4.27. The molecule has 5 heteroatoms. The fourth-order valence-corrected chi connectivity index (χ4v) is 2.94. The molecule has 3 rings (SSSR count). The Morgan fingerprint density at radius 1 is 1.16 bits per heavy atom. The summed E-state index contributed by atoms with van der Waals surface area (Å²) in [6.07, 6.45) is 0.333. The van der Waals surface area contributed by atoms with Gasteiger partial charge in [0.1, 0.15) is 19.0 Å². The topological polar surface area (TPSA) is 56.8 Å². The zero-order chi connectivity index (χ0) is 17.8. The minimum atomic E-state index is -0.109. The Labute approximate surface area is 147 Å². The average molecular weight is 341 g/mol. The molecule has 1 aliphatic heterocycles. The number of hydrogen-bond acceptors (Lipinski definition) is 4. The summed E-state index contributed by atoms with van der Waals surface area (Å²) in [5.41, 5.74) is 2.97. The van der Waals surface area contributed by atoms with Crippen molar-refractivity contribution in [3.05, 3.63) is 53.1 Å². The molecule has 1 aliphatic rings. The third-order valence-electron chi connectivity index (χ3n) is 4.27. The number of carbonyl (C=O) groups excluding carboxylic acids is 1. The van der Waals surface area contributed by atoms with E-state index < -0.39 is 0 Å². The fourth-order valence-electron chi connectivity index (χ4n) is 2.94. The molecule has 2 aromatic rings. The molecule has 0 saturated heterocycles. The van der Waals surface area contributed by atoms with Gasteiger partial charge in [0, 0.05) is 0 Å². The van der Waals surface area contributed by atoms with Crippen LogP contribution in [0.5, 0.6) is 17.2 Å². The van der Waals surface area contributed by atoms with Crippen LogP contribution in [0.2, 0.25) is 0 Å². The molecule has 5 nitrogen and oxygen atoms in total. The maximum absolute atomic E-state index is 12.4. The van der Waals surface area contributed by atoms with Crippen LogP contribution < -0.4 is 19.5 Å². The number of aryl methyl sites for hydroxylation is 1. The minimum Gasteiger partial charge on any atom is -0.496 e. The van der Waals surface area contributed by atoms with E-state index in [0.717, 1.165) is 33.9 Å². The molecule has 0 radical (unpaired) electrons. The van der Waals surface area contributed by atoms with Crippen LogP contribution in [0.25, 0.3) is 0 Å². The van der Waals surface area contributed by atoms with Crippen molar-refractivity contribution in [1.82, 2.24) is 5.32 Å². The number of nitrogens with one attached hydrogen (secondary N) is 1. The molecule has 132 valence electrons. The van der Waals surface area contributed by atoms with Crippen LogP contribution in [0.4, 0.5) is 0 Å². The molecular weight excluding hydrogens is 318 g/mol. The van der Waals surface area contributed by atoms with Gasteiger partial charge in [0.15, 0.2) is 11.5 Å². The van der Waals surface area contributed by atoms with Crippen LogP contribution in [0.1, 0.15) is 29.7 Å². The van der Waals surface area contributed by atoms with Crippen LogP contribution in [-0.4, -0.2) is 26.2 Å². The maximum Gasteiger partial charge on any atom is 0.224 e. The fraction of sp³-hybridized carbons (Fsp3) is 0.350. The lowest BCUT2D eigenvalue weighted by molar-refractivity contribution is -0.121. The van der Waals surface area contributed by atoms with Gasteiger partial charge in [0.2, 0.25) is 5.91 Å². The van der Waals surface area contributed by atoms with Crippen LogP contribution >= 0.6 is 0 Å². The second-order valence-corrected chi connectivity index (χ2v) is 6.17. The summed E-state index contributed by atoms with van der Waals surface area (Å²) < 4.78 is 16.4. The van der Waals surface area contributed by atoms with Gasteiger partial charge in [-0.15, -0.1) is 0 Å². The van der Waals surface area contributed by atoms with Crippen molar-refractivity contribution in [2.24, 2.45) is 0 Å². The summed E-state index contributed by atoms with van der Waals surface area (Å²) in [5, 5.41) is 3.03. The normalized spacial score (nSPS) is 13.9. The van der Waals surface area contributed by atoms with Crippen LogP contribution in [0.15, 0.2) is 36.4 Å². The van der Waals surface area contributed by atoms with Gasteiger partial charge in [0.25, 0.3) is 0 Å². The predicted molar refractivity (Wildman–Crippen MR) is 95.4 cm³/mol. The Hall–Kier alpha value is -2.69. The van der Waals surface area contributed by atoms with E-state index in [1.807, 2.05) is 50.2 Å². The highest BCUT2D eigenvalue weighted by molar-refractivity contribution is 5.79. The van der Waals surface area contributed by atoms with Gasteiger partial charge in [-0.25, -0.2) is 0 Å². The molecule has 1 atom stereocenters. The Kier molecular flexibility index (Phi) is 5.12. The molecule has 0 saturated carbocycles. The van der Waals surface area contributed by atoms with E-state index in [-0.39, 0.29) is 11.9 Å². The molecule has 1 heterocycles. The molecule has 0 aromatic heterocycles. The van der Waals surface area contributed by atoms with Crippen molar-refractivity contribution in [2.75, 3.05) is 20.3 Å². The Morgan fingerprint density at radius 2 is 1.92 bits per heavy atom. The summed E-state index contributed by atoms with van der Waals surface area (Å²) >= 11 is 0. The Morgan fingerprint density at radius 3 is 2.64 bits per heavy atom. The number of carbonyl (C=O) groups is 1. The third kappa shape index (κ3) is 4.05. The van der Waals surface area contributed by atoms with E-state index in [0.29, 0.717) is 19.6 Å². The number of hydrogen-bond donors (Lipinski definition) is 1. The van der Waals surface area contributed by atoms with Gasteiger partial charge in [-0.2, -0.15) is 0 Å². The highest BCUT2D eigenvalue weighted by Crippen LogP contribution is 2.32. The van der Waals surface area contributed by atoms with Gasteiger partial charge in [-0.05, 0) is 48.7 Å². The van der Waals surface area contributed by atoms with Crippen molar-refractivity contribution < 1.29 is 19.0 Å². The maximum atomic E-state index is 12.4. The zero-order valence-corrected chi connectivity index (χ0v) is 14.8. The largest absolute Gasteiger partial charge is 0.496 e. The van der Waals surface area contributed by atoms with Crippen molar-refractivity contribution in [3.8, 4) is 17.2 Å². The van der Waals surface area contributed by atoms with E-state index >= 15 is 0 Å². The first-order valence-electron chi connectivity index (χ1n) is 8.39. The molecule has 0 bridgehead atoms. The van der Waals surface area contributed by atoms with E-state index in [2.05, 4.69) is 5.32 Å². The number of rotatable bonds is 5. The lowest BCUT2D eigenvalue weighted by Crippen LogP contribution is -2.28. The highest BCUT2D eigenvalue weighted by Gasteiger charge is 2.16. The molecule has 0 spiro atoms. The molecule has 0 unspecified atom stereocenters. The molecule has 0 fully saturated rings. The number of ether oxygens (including phenoxy) is 3. The smallest absolute Gasteiger partial charge is 0.224 e. The van der Waals surface area contributed by atoms with Gasteiger partial charge in [-0.3, -0.25) is 4.79 Å². The van der Waals surface area contributed by atoms with Crippen molar-refractivity contribution in [3.63, 3.8) is 0 Å². The standard InChI is InChI=1S/C20H23NO4/c1-13-10-15(4-6-17(13)23-3)11-20(22)21-14(2)16-5-7-18-19(12-16)25-9-8-24-18/h4-7,10,12,14H,8-9,11H2,1-3H3,(H,21,22)/t14-/m0/s1. The highest BCUT2D eigenvalue weighted by atomic mass is 16.6. The van der Waals surface area contributed by atoms with Crippen LogP contribution in [0, 0.1) is 6.92 Å². The van der Waals surface area contributed by atoms with Crippen LogP contribution in [0.3, 0.4) is 0 Å². The number of methoxy groups -OCH3 is 1. The number of fused-ring (bicyclic) bond motifs is 1. The zero-order valence-electron chi connectivity index (χ0n) is 14.8. The summed E-state index contributed by atoms with van der Waals surface area (Å²) in [7, 11) is 1.64. The summed E-state index contributed by atoms with van der Waals surface area (Å²) in [6.45, 7) is 5.05. The Balaban J connectivity index is 1.63. The summed E-state index contributed by atoms with van der Waals surface area (Å²) in [5.74, 6) is 2.29. The SMILES string of the molecule is COc1ccc(CC(=O)N[C@@H](C)c2ccc3c(c2)OCCO3)cc1C. The van der Waals surface area contributed by atoms with Gasteiger partial charge in [-0.1, -0.05) is 18.2 Å². The van der Waals surface area contributed by atoms with Gasteiger partial charge >= 0.3 is 0 Å². The molecule has 25 heavy (non-hydrogen) atoms. The Bertz CT molecular complexity index is 772. The van der Waals surface area contributed by atoms with Gasteiger partial charge in [0.05, 0.1) is 19.6 Å². The minimum absolute atomic E-state index is 0.0213. The van der Waals surface area contributed by atoms with E-state index in [4.69, 9.17) is 14.2 Å². The molecule has 1 N–H and O–H groups in total. The molecule has 0 aliphatic carbocycles. The van der Waals surface area contributed by atoms with Crippen molar-refractivity contribution >= 4 is 5.91 Å². The van der Waals surface area contributed by atoms with Crippen LogP contribution in [-0.2, 0) is 11.2 Å². The average Bonchev–Trinajstić information content (AvgIpc) is 2.61. The first-order valence-corrected chi connectivity index (χ1v) is 8.39. The van der Waals surface area contributed by atoms with Gasteiger partial charge < -0.3 is 19.5 Å². The van der Waals surface area contributed by atoms with E-state index in [1.165, 1.54) is 0 Å². The first kappa shape index (κ1) is 17.1. The first-order chi connectivity index (χ1) is 12.1.